The van der Waals surface area contributed by atoms with Gasteiger partial charge in [0.2, 0.25) is 0 Å². The third kappa shape index (κ3) is 2.09. The van der Waals surface area contributed by atoms with Crippen molar-refractivity contribution in [3.05, 3.63) is 0 Å². The van der Waals surface area contributed by atoms with Crippen LogP contribution in [-0.4, -0.2) is 5.37 Å². The zero-order valence-electron chi connectivity index (χ0n) is 2.73. The van der Waals surface area contributed by atoms with Gasteiger partial charge in [-0.1, -0.05) is 6.92 Å². The monoisotopic (exact) mass is 75.0 g/mol. The number of thiol groups is 1. The molecule has 0 fully saturated rings. The van der Waals surface area contributed by atoms with Crippen molar-refractivity contribution in [1.82, 2.24) is 0 Å². The molecule has 0 aromatic heterocycles. The van der Waals surface area contributed by atoms with E-state index in [0.717, 1.165) is 6.42 Å². The molecule has 0 saturated carbocycles. The first kappa shape index (κ1) is 4.09. The highest BCUT2D eigenvalue weighted by atomic mass is 32.1. The van der Waals surface area contributed by atoms with Crippen LogP contribution in [0, 0.1) is 0 Å². The molecule has 0 bridgehead atoms. The second-order valence-electron chi connectivity index (χ2n) is 0.591. The Balaban J connectivity index is 2.30. The van der Waals surface area contributed by atoms with Gasteiger partial charge in [-0.25, -0.2) is 0 Å². The van der Waals surface area contributed by atoms with Crippen LogP contribution in [0.3, 0.4) is 0 Å². The summed E-state index contributed by atoms with van der Waals surface area (Å²) in [7, 11) is 0. The van der Waals surface area contributed by atoms with Crippen LogP contribution in [0.2, 0.25) is 0 Å². The van der Waals surface area contributed by atoms with Crippen LogP contribution in [0.25, 0.3) is 0 Å². The molecule has 0 aliphatic rings. The summed E-state index contributed by atoms with van der Waals surface area (Å²) >= 11 is 3.80. The summed E-state index contributed by atoms with van der Waals surface area (Å²) < 4.78 is 0. The normalized spacial score (nSPS) is 6.25. The predicted molar refractivity (Wildman–Crippen MR) is 25.1 cm³/mol. The van der Waals surface area contributed by atoms with E-state index in [9.17, 15) is 0 Å². The third-order valence-corrected chi connectivity index (χ3v) is 0.548. The van der Waals surface area contributed by atoms with Gasteiger partial charge in [0.15, 0.2) is 17.6 Å². The lowest BCUT2D eigenvalue weighted by molar-refractivity contribution is 1.35. The van der Waals surface area contributed by atoms with Gasteiger partial charge in [-0.2, -0.15) is 0 Å². The van der Waals surface area contributed by atoms with Gasteiger partial charge in [-0.05, 0) is 0 Å². The van der Waals surface area contributed by atoms with Gasteiger partial charge < -0.3 is 0 Å². The van der Waals surface area contributed by atoms with E-state index in [0.29, 0.717) is 0 Å². The van der Waals surface area contributed by atoms with Crippen molar-refractivity contribution in [3.8, 4) is 0 Å². The molecule has 24 valence electrons. The minimum absolute atomic E-state index is 1.06. The van der Waals surface area contributed by atoms with E-state index >= 15 is 0 Å². The standard InChI is InChI=1S/C3H6S/c1-2-3-4/h3H,2H2,1H3/p+1. The van der Waals surface area contributed by atoms with Gasteiger partial charge in [-0.15, -0.1) is 0 Å². The minimum Gasteiger partial charge on any atom is -0.0571 e. The average molecular weight is 75.2 g/mol. The van der Waals surface area contributed by atoms with Gasteiger partial charge in [0.05, 0.1) is 0 Å². The highest BCUT2D eigenvalue weighted by molar-refractivity contribution is 7.58. The summed E-state index contributed by atoms with van der Waals surface area (Å²) in [6.45, 7) is 2.05. The summed E-state index contributed by atoms with van der Waals surface area (Å²) in [5, 5.41) is 1.82. The van der Waals surface area contributed by atoms with Crippen LogP contribution in [0.1, 0.15) is 13.3 Å². The Kier molecular flexibility index (Phi) is 3.16. The molecule has 4 heavy (non-hydrogen) atoms. The maximum Gasteiger partial charge on any atom is 0.163 e. The number of hydrogen-bond donors (Lipinski definition) is 0. The van der Waals surface area contributed by atoms with Crippen LogP contribution < -0.4 is 0 Å². The molecule has 0 spiro atoms. The molecule has 0 heterocycles. The Hall–Kier alpha value is 0.0900. The fraction of sp³-hybridized carbons (Fsp3) is 0.667. The fourth-order valence-electron chi connectivity index (χ4n) is 0. The summed E-state index contributed by atoms with van der Waals surface area (Å²) in [5.74, 6) is 0. The highest BCUT2D eigenvalue weighted by Gasteiger charge is 1.57. The molecule has 0 rings (SSSR count). The zero-order valence-corrected chi connectivity index (χ0v) is 3.63. The van der Waals surface area contributed by atoms with E-state index in [4.69, 9.17) is 0 Å². The second kappa shape index (κ2) is 3.09. The first-order valence-electron chi connectivity index (χ1n) is 1.37. The molecule has 0 atom stereocenters. The average Bonchev–Trinajstić information content (AvgIpc) is 1.37. The van der Waals surface area contributed by atoms with E-state index in [1.807, 2.05) is 12.3 Å². The van der Waals surface area contributed by atoms with Gasteiger partial charge in [-0.3, -0.25) is 0 Å². The maximum absolute atomic E-state index is 3.80. The largest absolute Gasteiger partial charge is 0.163 e. The molecule has 0 N–H and O–H groups in total. The molecular formula is C3H7S+. The molecular weight excluding hydrogens is 68.1 g/mol. The van der Waals surface area contributed by atoms with Crippen molar-refractivity contribution in [3.63, 3.8) is 0 Å². The van der Waals surface area contributed by atoms with Gasteiger partial charge >= 0.3 is 0 Å². The smallest absolute Gasteiger partial charge is 0.0571 e. The summed E-state index contributed by atoms with van der Waals surface area (Å²) in [4.78, 5) is 0. The molecule has 0 unspecified atom stereocenters. The van der Waals surface area contributed by atoms with E-state index in [1.54, 1.807) is 0 Å². The van der Waals surface area contributed by atoms with Gasteiger partial charge in [0, 0.05) is 6.42 Å². The fourth-order valence-corrected chi connectivity index (χ4v) is 0. The summed E-state index contributed by atoms with van der Waals surface area (Å²) in [5.41, 5.74) is 0. The van der Waals surface area contributed by atoms with Gasteiger partial charge in [0.1, 0.15) is 0 Å². The first-order chi connectivity index (χ1) is 1.91. The van der Waals surface area contributed by atoms with Crippen LogP contribution >= 0.6 is 0 Å². The van der Waals surface area contributed by atoms with E-state index in [2.05, 4.69) is 12.2 Å². The summed E-state index contributed by atoms with van der Waals surface area (Å²) in [6.07, 6.45) is 1.06. The van der Waals surface area contributed by atoms with E-state index in [-0.39, 0.29) is 0 Å². The molecule has 0 amide bonds. The van der Waals surface area contributed by atoms with Crippen molar-refractivity contribution in [1.29, 1.82) is 0 Å². The van der Waals surface area contributed by atoms with Crippen LogP contribution in [0.4, 0.5) is 0 Å². The molecule has 0 aromatic carbocycles. The molecule has 0 aliphatic heterocycles. The minimum atomic E-state index is 1.06. The van der Waals surface area contributed by atoms with Crippen LogP contribution in [0.15, 0.2) is 0 Å². The van der Waals surface area contributed by atoms with Gasteiger partial charge in [0.25, 0.3) is 0 Å². The predicted octanol–water partition coefficient (Wildman–Crippen LogP) is 0.478. The molecule has 0 radical (unpaired) electrons. The Morgan fingerprint density at radius 3 is 2.25 bits per heavy atom. The van der Waals surface area contributed by atoms with Crippen molar-refractivity contribution >= 4 is 17.6 Å². The molecule has 0 nitrogen and oxygen atoms in total. The van der Waals surface area contributed by atoms with E-state index < -0.39 is 0 Å². The lowest BCUT2D eigenvalue weighted by Crippen LogP contribution is -1.53. The molecule has 1 heteroatoms. The van der Waals surface area contributed by atoms with E-state index in [1.165, 1.54) is 0 Å². The molecule has 0 saturated heterocycles. The summed E-state index contributed by atoms with van der Waals surface area (Å²) in [6, 6.07) is 0. The highest BCUT2D eigenvalue weighted by Crippen LogP contribution is 1.54. The second-order valence-corrected chi connectivity index (χ2v) is 0.956. The third-order valence-electron chi connectivity index (χ3n) is 0.183. The quantitative estimate of drug-likeness (QED) is 0.241. The van der Waals surface area contributed by atoms with Crippen molar-refractivity contribution < 1.29 is 0 Å². The van der Waals surface area contributed by atoms with Crippen molar-refractivity contribution in [2.24, 2.45) is 0 Å². The SMILES string of the molecule is CCC=[SH+]. The topological polar surface area (TPSA) is 0 Å². The maximum atomic E-state index is 3.80. The van der Waals surface area contributed by atoms with Crippen LogP contribution in [0.5, 0.6) is 0 Å². The molecule has 0 aliphatic carbocycles. The Bertz CT molecular complexity index is 17.2. The number of rotatable bonds is 1. The zero-order chi connectivity index (χ0) is 3.41. The van der Waals surface area contributed by atoms with Crippen LogP contribution in [-0.2, 0) is 12.2 Å². The Morgan fingerprint density at radius 2 is 2.25 bits per heavy atom. The first-order valence-corrected chi connectivity index (χ1v) is 1.89. The molecule has 0 aromatic rings. The number of hydrogen-bond acceptors (Lipinski definition) is 0. The Morgan fingerprint density at radius 1 is 2.00 bits per heavy atom. The van der Waals surface area contributed by atoms with Crippen molar-refractivity contribution in [2.75, 3.05) is 0 Å². The lowest BCUT2D eigenvalue weighted by Gasteiger charge is -1.46. The Labute approximate surface area is 31.8 Å². The van der Waals surface area contributed by atoms with Crippen molar-refractivity contribution in [2.45, 2.75) is 13.3 Å². The lowest BCUT2D eigenvalue weighted by atomic mass is 10.6.